The third-order valence-corrected chi connectivity index (χ3v) is 12.8. The first-order valence-corrected chi connectivity index (χ1v) is 23.4. The molecule has 60 heavy (non-hydrogen) atoms. The van der Waals surface area contributed by atoms with Gasteiger partial charge in [-0.1, -0.05) is 107 Å². The van der Waals surface area contributed by atoms with Crippen LogP contribution in [0.3, 0.4) is 0 Å². The van der Waals surface area contributed by atoms with Crippen molar-refractivity contribution in [2.75, 3.05) is 0 Å². The van der Waals surface area contributed by atoms with E-state index in [1.54, 1.807) is 18.2 Å². The molecular weight excluding hydrogens is 943 g/mol. The number of pyridine rings is 2. The van der Waals surface area contributed by atoms with E-state index < -0.39 is 14.0 Å². The molecule has 5 aromatic carbocycles. The fourth-order valence-corrected chi connectivity index (χ4v) is 9.45. The Bertz CT molecular complexity index is 3080. The van der Waals surface area contributed by atoms with Crippen LogP contribution in [-0.4, -0.2) is 27.6 Å². The van der Waals surface area contributed by atoms with E-state index in [1.807, 2.05) is 70.3 Å². The molecule has 0 amide bonds. The SMILES string of the molecule is Cc1cc(F)cc(C)c1-n1c(-c2[c-]ccc3c2oc2nc(C(C)(C)C)ccc23)nc2ccc3ccccc3c21.[2H]C(C)(C)c1cc(-c2[c-]cc(F)cc2)ncc1[Si](C)(C)C.[Ir]. The molecular formula is C51H48F2IrN4OSi-2. The van der Waals surface area contributed by atoms with E-state index in [-0.39, 0.29) is 37.2 Å². The molecule has 9 heteroatoms. The van der Waals surface area contributed by atoms with Gasteiger partial charge in [0.15, 0.2) is 0 Å². The van der Waals surface area contributed by atoms with Crippen LogP contribution >= 0.6 is 0 Å². The van der Waals surface area contributed by atoms with Gasteiger partial charge in [-0.15, -0.1) is 48.0 Å². The first-order valence-electron chi connectivity index (χ1n) is 20.4. The predicted octanol–water partition coefficient (Wildman–Crippen LogP) is 13.3. The fraction of sp³-hybridized carbons (Fsp3) is 0.235. The summed E-state index contributed by atoms with van der Waals surface area (Å²) in [7, 11) is -1.57. The van der Waals surface area contributed by atoms with Crippen LogP contribution in [0.2, 0.25) is 19.6 Å². The van der Waals surface area contributed by atoms with Gasteiger partial charge in [-0.25, -0.2) is 9.37 Å². The Labute approximate surface area is 366 Å². The second-order valence-corrected chi connectivity index (χ2v) is 22.6. The van der Waals surface area contributed by atoms with Crippen LogP contribution in [0, 0.1) is 37.6 Å². The maximum atomic E-state index is 14.4. The Kier molecular flexibility index (Phi) is 11.2. The number of hydrogen-bond donors (Lipinski definition) is 0. The van der Waals surface area contributed by atoms with Crippen LogP contribution in [0.1, 0.15) is 64.3 Å². The minimum Gasteiger partial charge on any atom is -0.486 e. The summed E-state index contributed by atoms with van der Waals surface area (Å²) in [6.07, 6.45) is 1.89. The zero-order valence-electron chi connectivity index (χ0n) is 36.6. The maximum Gasteiger partial charge on any atom is 0.216 e. The molecule has 0 spiro atoms. The van der Waals surface area contributed by atoms with Crippen molar-refractivity contribution < 1.29 is 34.7 Å². The van der Waals surface area contributed by atoms with E-state index in [9.17, 15) is 8.78 Å². The summed E-state index contributed by atoms with van der Waals surface area (Å²) in [6, 6.07) is 36.3. The van der Waals surface area contributed by atoms with Crippen LogP contribution in [-0.2, 0) is 25.5 Å². The van der Waals surface area contributed by atoms with Gasteiger partial charge in [0, 0.05) is 61.1 Å². The van der Waals surface area contributed by atoms with Crippen molar-refractivity contribution in [1.82, 2.24) is 19.5 Å². The zero-order valence-corrected chi connectivity index (χ0v) is 39.0. The molecule has 0 aliphatic heterocycles. The van der Waals surface area contributed by atoms with Crippen molar-refractivity contribution in [2.45, 2.75) is 79.4 Å². The van der Waals surface area contributed by atoms with E-state index in [2.05, 4.69) is 92.4 Å². The van der Waals surface area contributed by atoms with Gasteiger partial charge in [-0.3, -0.25) is 9.37 Å². The van der Waals surface area contributed by atoms with Crippen molar-refractivity contribution in [1.29, 1.82) is 0 Å². The third kappa shape index (κ3) is 7.98. The average Bonchev–Trinajstić information content (AvgIpc) is 3.76. The summed E-state index contributed by atoms with van der Waals surface area (Å²) in [5.41, 5.74) is 9.77. The molecule has 0 aliphatic rings. The van der Waals surface area contributed by atoms with E-state index >= 15 is 0 Å². The standard InChI is InChI=1S/C34H27FN3O.C17H21FNSi.Ir/c1-19-17-22(35)18-20(2)29(19)38-30-23-10-7-6-9-21(23)13-15-27(30)36-32(38)26-12-8-11-24-25-14-16-28(34(3,4)5)37-33(25)39-31(24)26;1-12(2)15-10-16(13-6-8-14(18)9-7-13)19-11-17(15)20(3,4)5;/h6-11,13-18H,1-5H3;6,8-12H,1-5H3;/q2*-1;/i;12D;. The van der Waals surface area contributed by atoms with Crippen molar-refractivity contribution in [3.63, 3.8) is 0 Å². The topological polar surface area (TPSA) is 56.7 Å². The fourth-order valence-electron chi connectivity index (χ4n) is 7.87. The smallest absolute Gasteiger partial charge is 0.216 e. The van der Waals surface area contributed by atoms with E-state index in [0.29, 0.717) is 17.1 Å². The number of hydrogen-bond acceptors (Lipinski definition) is 4. The number of rotatable bonds is 5. The number of fused-ring (bicyclic) bond motifs is 6. The molecule has 5 nitrogen and oxygen atoms in total. The van der Waals surface area contributed by atoms with Gasteiger partial charge in [-0.2, -0.15) is 0 Å². The first kappa shape index (κ1) is 41.4. The molecule has 4 heterocycles. The van der Waals surface area contributed by atoms with Gasteiger partial charge in [0.05, 0.1) is 30.5 Å². The van der Waals surface area contributed by atoms with Crippen LogP contribution in [0.15, 0.2) is 108 Å². The molecule has 0 saturated carbocycles. The number of nitrogens with zero attached hydrogens (tertiary/aromatic N) is 4. The monoisotopic (exact) mass is 992 g/mol. The van der Waals surface area contributed by atoms with Crippen LogP contribution in [0.4, 0.5) is 8.78 Å². The van der Waals surface area contributed by atoms with Crippen LogP contribution in [0.5, 0.6) is 0 Å². The summed E-state index contributed by atoms with van der Waals surface area (Å²) in [4.78, 5) is 14.5. The largest absolute Gasteiger partial charge is 0.486 e. The zero-order chi connectivity index (χ0) is 42.9. The normalized spacial score (nSPS) is 12.4. The first-order chi connectivity index (χ1) is 28.3. The maximum absolute atomic E-state index is 14.4. The van der Waals surface area contributed by atoms with Crippen molar-refractivity contribution >= 4 is 57.1 Å². The summed E-state index contributed by atoms with van der Waals surface area (Å²) in [5, 5.41) is 5.30. The molecule has 0 N–H and O–H groups in total. The third-order valence-electron chi connectivity index (χ3n) is 10.8. The second kappa shape index (κ2) is 16.3. The molecule has 0 saturated heterocycles. The van der Waals surface area contributed by atoms with Gasteiger partial charge >= 0.3 is 0 Å². The van der Waals surface area contributed by atoms with E-state index in [4.69, 9.17) is 15.8 Å². The van der Waals surface area contributed by atoms with E-state index in [0.717, 1.165) is 77.5 Å². The van der Waals surface area contributed by atoms with Crippen LogP contribution < -0.4 is 5.19 Å². The van der Waals surface area contributed by atoms with Gasteiger partial charge in [0.25, 0.3) is 0 Å². The number of halogens is 2. The molecule has 4 aromatic heterocycles. The van der Waals surface area contributed by atoms with Gasteiger partial charge in [0.2, 0.25) is 5.71 Å². The molecule has 0 bridgehead atoms. The van der Waals surface area contributed by atoms with Gasteiger partial charge < -0.3 is 14.0 Å². The number of furan rings is 1. The van der Waals surface area contributed by atoms with E-state index in [1.165, 1.54) is 17.3 Å². The summed E-state index contributed by atoms with van der Waals surface area (Å²) < 4.78 is 44.5. The minimum absolute atomic E-state index is 0. The molecule has 0 aliphatic carbocycles. The van der Waals surface area contributed by atoms with Crippen molar-refractivity contribution in [2.24, 2.45) is 0 Å². The molecule has 1 radical (unpaired) electrons. The molecule has 9 aromatic rings. The van der Waals surface area contributed by atoms with Gasteiger partial charge in [-0.05, 0) is 77.5 Å². The number of benzene rings is 5. The average molecular weight is 992 g/mol. The Hall–Kier alpha value is -5.34. The Morgan fingerprint density at radius 2 is 1.55 bits per heavy atom. The minimum atomic E-state index is -1.57. The molecule has 0 fully saturated rings. The van der Waals surface area contributed by atoms with Crippen molar-refractivity contribution in [3.05, 3.63) is 149 Å². The number of aryl methyl sites for hydroxylation is 2. The molecule has 0 unspecified atom stereocenters. The molecule has 9 rings (SSSR count). The van der Waals surface area contributed by atoms with Crippen LogP contribution in [0.25, 0.3) is 72.2 Å². The molecule has 307 valence electrons. The number of imidazole rings is 1. The Morgan fingerprint density at radius 1 is 0.817 bits per heavy atom. The Morgan fingerprint density at radius 3 is 2.22 bits per heavy atom. The molecule has 0 atom stereocenters. The summed E-state index contributed by atoms with van der Waals surface area (Å²) >= 11 is 0. The van der Waals surface area contributed by atoms with Gasteiger partial charge in [0.1, 0.15) is 5.82 Å². The quantitative estimate of drug-likeness (QED) is 0.127. The summed E-state index contributed by atoms with van der Waals surface area (Å²) in [5.74, 6) is -0.553. The van der Waals surface area contributed by atoms with Crippen molar-refractivity contribution in [3.8, 4) is 28.3 Å². The summed E-state index contributed by atoms with van der Waals surface area (Å²) in [6.45, 7) is 20.9. The Balaban J connectivity index is 0.000000217. The second-order valence-electron chi connectivity index (χ2n) is 17.6. The predicted molar refractivity (Wildman–Crippen MR) is 242 cm³/mol. The number of aromatic nitrogens is 4.